The first-order valence-electron chi connectivity index (χ1n) is 10.9. The van der Waals surface area contributed by atoms with Gasteiger partial charge in [0.25, 0.3) is 11.8 Å². The Hall–Kier alpha value is -3.87. The maximum Gasteiger partial charge on any atom is 0.261 e. The topological polar surface area (TPSA) is 70.6 Å². The highest BCUT2D eigenvalue weighted by Gasteiger charge is 2.36. The number of aromatic nitrogens is 1. The number of halogens is 1. The molecule has 0 N–H and O–H groups in total. The molecule has 1 atom stereocenters. The number of pyridine rings is 1. The molecule has 4 rings (SSSR count). The maximum absolute atomic E-state index is 13.6. The van der Waals surface area contributed by atoms with Crippen molar-refractivity contribution in [1.29, 1.82) is 0 Å². The van der Waals surface area contributed by atoms with E-state index >= 15 is 0 Å². The highest BCUT2D eigenvalue weighted by molar-refractivity contribution is 6.21. The zero-order chi connectivity index (χ0) is 23.4. The van der Waals surface area contributed by atoms with E-state index < -0.39 is 6.04 Å². The van der Waals surface area contributed by atoms with Gasteiger partial charge in [-0.15, -0.1) is 0 Å². The Kier molecular flexibility index (Phi) is 6.58. The van der Waals surface area contributed by atoms with Gasteiger partial charge in [-0.2, -0.15) is 0 Å². The lowest BCUT2D eigenvalue weighted by Crippen LogP contribution is -2.39. The molecule has 1 unspecified atom stereocenters. The van der Waals surface area contributed by atoms with Gasteiger partial charge in [0, 0.05) is 31.9 Å². The van der Waals surface area contributed by atoms with Gasteiger partial charge < -0.3 is 4.90 Å². The van der Waals surface area contributed by atoms with Crippen LogP contribution in [0.5, 0.6) is 0 Å². The van der Waals surface area contributed by atoms with Crippen molar-refractivity contribution in [1.82, 2.24) is 14.8 Å². The lowest BCUT2D eigenvalue weighted by molar-refractivity contribution is -0.133. The number of nitrogens with zero attached hydrogens (tertiary/aromatic N) is 3. The van der Waals surface area contributed by atoms with E-state index in [1.54, 1.807) is 59.8 Å². The van der Waals surface area contributed by atoms with Crippen LogP contribution in [-0.2, 0) is 4.79 Å². The molecule has 6 nitrogen and oxygen atoms in total. The predicted octanol–water partition coefficient (Wildman–Crippen LogP) is 4.24. The average molecular weight is 445 g/mol. The van der Waals surface area contributed by atoms with Crippen molar-refractivity contribution < 1.29 is 18.8 Å². The summed E-state index contributed by atoms with van der Waals surface area (Å²) in [6.45, 7) is 2.42. The molecule has 0 saturated carbocycles. The summed E-state index contributed by atoms with van der Waals surface area (Å²) < 4.78 is 13.6. The maximum atomic E-state index is 13.6. The summed E-state index contributed by atoms with van der Waals surface area (Å²) in [6, 6.07) is 15.9. The second-order valence-electron chi connectivity index (χ2n) is 7.89. The first kappa shape index (κ1) is 22.3. The minimum absolute atomic E-state index is 0.00539. The Morgan fingerprint density at radius 2 is 1.64 bits per heavy atom. The number of benzene rings is 2. The van der Waals surface area contributed by atoms with Crippen LogP contribution in [0, 0.1) is 5.82 Å². The van der Waals surface area contributed by atoms with E-state index in [-0.39, 0.29) is 36.5 Å². The van der Waals surface area contributed by atoms with Gasteiger partial charge in [0.2, 0.25) is 5.91 Å². The number of hydrogen-bond acceptors (Lipinski definition) is 4. The third-order valence-corrected chi connectivity index (χ3v) is 5.71. The molecule has 0 aliphatic carbocycles. The van der Waals surface area contributed by atoms with Crippen LogP contribution >= 0.6 is 0 Å². The van der Waals surface area contributed by atoms with E-state index in [2.05, 4.69) is 4.98 Å². The van der Waals surface area contributed by atoms with Gasteiger partial charge in [0.15, 0.2) is 0 Å². The van der Waals surface area contributed by atoms with Crippen LogP contribution < -0.4 is 0 Å². The van der Waals surface area contributed by atoms with Crippen LogP contribution in [0.1, 0.15) is 57.7 Å². The number of carbonyl (C=O) groups excluding carboxylic acids is 3. The highest BCUT2D eigenvalue weighted by atomic mass is 19.1. The van der Waals surface area contributed by atoms with Crippen molar-refractivity contribution >= 4 is 17.7 Å². The Balaban J connectivity index is 1.58. The molecule has 0 spiro atoms. The molecular formula is C26H24FN3O3. The summed E-state index contributed by atoms with van der Waals surface area (Å²) in [4.78, 5) is 45.8. The van der Waals surface area contributed by atoms with Gasteiger partial charge in [-0.1, -0.05) is 37.3 Å². The number of carbonyl (C=O) groups is 3. The van der Waals surface area contributed by atoms with Crippen LogP contribution in [0.15, 0.2) is 73.1 Å². The molecule has 1 aliphatic heterocycles. The third kappa shape index (κ3) is 4.53. The largest absolute Gasteiger partial charge is 0.331 e. The fraction of sp³-hybridized carbons (Fsp3) is 0.231. The molecule has 3 aromatic rings. The molecule has 1 aliphatic rings. The second kappa shape index (κ2) is 9.73. The number of hydrogen-bond donors (Lipinski definition) is 0. The van der Waals surface area contributed by atoms with Gasteiger partial charge in [-0.05, 0) is 47.9 Å². The Bertz CT molecular complexity index is 1130. The lowest BCUT2D eigenvalue weighted by atomic mass is 9.97. The summed E-state index contributed by atoms with van der Waals surface area (Å²) >= 11 is 0. The highest BCUT2D eigenvalue weighted by Crippen LogP contribution is 2.30. The molecule has 0 radical (unpaired) electrons. The van der Waals surface area contributed by atoms with Crippen molar-refractivity contribution in [3.63, 3.8) is 0 Å². The molecule has 0 saturated heterocycles. The first-order valence-corrected chi connectivity index (χ1v) is 10.9. The molecule has 2 aromatic carbocycles. The quantitative estimate of drug-likeness (QED) is 0.487. The molecule has 1 aromatic heterocycles. The summed E-state index contributed by atoms with van der Waals surface area (Å²) in [5, 5.41) is 0. The zero-order valence-electron chi connectivity index (χ0n) is 18.3. The Morgan fingerprint density at radius 3 is 2.21 bits per heavy atom. The first-order chi connectivity index (χ1) is 16.0. The molecular weight excluding hydrogens is 421 g/mol. The number of fused-ring (bicyclic) bond motifs is 1. The second-order valence-corrected chi connectivity index (χ2v) is 7.89. The molecule has 2 heterocycles. The lowest BCUT2D eigenvalue weighted by Gasteiger charge is -2.33. The molecule has 3 amide bonds. The number of amides is 3. The summed E-state index contributed by atoms with van der Waals surface area (Å²) in [5.74, 6) is -1.32. The van der Waals surface area contributed by atoms with E-state index in [0.29, 0.717) is 24.1 Å². The van der Waals surface area contributed by atoms with Gasteiger partial charge in [0.1, 0.15) is 5.82 Å². The minimum atomic E-state index is -0.464. The normalized spacial score (nSPS) is 13.7. The van der Waals surface area contributed by atoms with E-state index in [0.717, 1.165) is 16.0 Å². The monoisotopic (exact) mass is 445 g/mol. The van der Waals surface area contributed by atoms with E-state index in [9.17, 15) is 18.8 Å². The van der Waals surface area contributed by atoms with Crippen molar-refractivity contribution in [3.05, 3.63) is 101 Å². The van der Waals surface area contributed by atoms with Crippen molar-refractivity contribution in [2.24, 2.45) is 0 Å². The molecule has 7 heteroatoms. The van der Waals surface area contributed by atoms with Crippen LogP contribution in [0.2, 0.25) is 0 Å². The van der Waals surface area contributed by atoms with E-state index in [4.69, 9.17) is 0 Å². The predicted molar refractivity (Wildman–Crippen MR) is 121 cm³/mol. The molecule has 168 valence electrons. The Labute approximate surface area is 191 Å². The number of rotatable bonds is 8. The van der Waals surface area contributed by atoms with Gasteiger partial charge in [0.05, 0.1) is 17.2 Å². The van der Waals surface area contributed by atoms with Crippen LogP contribution in [0.25, 0.3) is 0 Å². The van der Waals surface area contributed by atoms with Gasteiger partial charge >= 0.3 is 0 Å². The van der Waals surface area contributed by atoms with Gasteiger partial charge in [-0.25, -0.2) is 4.39 Å². The summed E-state index contributed by atoms with van der Waals surface area (Å²) in [7, 11) is 0. The van der Waals surface area contributed by atoms with Gasteiger partial charge in [-0.3, -0.25) is 24.3 Å². The molecule has 0 fully saturated rings. The zero-order valence-corrected chi connectivity index (χ0v) is 18.3. The Morgan fingerprint density at radius 1 is 0.970 bits per heavy atom. The minimum Gasteiger partial charge on any atom is -0.331 e. The van der Waals surface area contributed by atoms with Crippen LogP contribution in [0.3, 0.4) is 0 Å². The smallest absolute Gasteiger partial charge is 0.261 e. The molecule has 0 bridgehead atoms. The standard InChI is InChI=1S/C26H24FN3O3/c1-2-15-29(24(19-6-5-14-28-17-19)18-9-11-20(27)12-10-18)23(31)13-16-30-25(32)21-7-3-4-8-22(21)26(30)33/h3-12,14,17,24H,2,13,15-16H2,1H3. The van der Waals surface area contributed by atoms with Crippen molar-refractivity contribution in [2.75, 3.05) is 13.1 Å². The van der Waals surface area contributed by atoms with Crippen molar-refractivity contribution in [2.45, 2.75) is 25.8 Å². The summed E-state index contributed by atoms with van der Waals surface area (Å²) in [6.07, 6.45) is 4.04. The number of imide groups is 1. The van der Waals surface area contributed by atoms with E-state index in [1.165, 1.54) is 12.1 Å². The molecule has 33 heavy (non-hydrogen) atoms. The fourth-order valence-electron chi connectivity index (χ4n) is 4.17. The SMILES string of the molecule is CCCN(C(=O)CCN1C(=O)c2ccccc2C1=O)C(c1ccc(F)cc1)c1cccnc1. The third-order valence-electron chi connectivity index (χ3n) is 5.71. The van der Waals surface area contributed by atoms with Crippen molar-refractivity contribution in [3.8, 4) is 0 Å². The van der Waals surface area contributed by atoms with Crippen LogP contribution in [0.4, 0.5) is 4.39 Å². The van der Waals surface area contributed by atoms with E-state index in [1.807, 2.05) is 13.0 Å². The van der Waals surface area contributed by atoms with Crippen LogP contribution in [-0.4, -0.2) is 45.6 Å². The summed E-state index contributed by atoms with van der Waals surface area (Å²) in [5.41, 5.74) is 2.28. The fourth-order valence-corrected chi connectivity index (χ4v) is 4.17. The average Bonchev–Trinajstić information content (AvgIpc) is 3.08.